The van der Waals surface area contributed by atoms with Crippen LogP contribution in [-0.4, -0.2) is 28.0 Å². The largest absolute Gasteiger partial charge is 0.369 e. The Labute approximate surface area is 64.1 Å². The first-order chi connectivity index (χ1) is 5.16. The van der Waals surface area contributed by atoms with Gasteiger partial charge in [0.15, 0.2) is 6.23 Å². The Balaban J connectivity index is 2.73. The predicted molar refractivity (Wildman–Crippen MR) is 37.3 cm³/mol. The number of carbonyl (C=O) groups is 2. The lowest BCUT2D eigenvalue weighted by Crippen LogP contribution is -2.38. The zero-order valence-electron chi connectivity index (χ0n) is 6.15. The molecule has 0 saturated heterocycles. The molecule has 0 saturated carbocycles. The second-order valence-electron chi connectivity index (χ2n) is 2.23. The normalized spacial score (nSPS) is 22.9. The highest BCUT2D eigenvalue weighted by atomic mass is 16.3. The van der Waals surface area contributed by atoms with Gasteiger partial charge >= 0.3 is 0 Å². The molecule has 0 fully saturated rings. The Hall–Kier alpha value is -1.16. The fourth-order valence-corrected chi connectivity index (χ4v) is 0.906. The maximum absolute atomic E-state index is 10.9. The Bertz CT molecular complexity index is 222. The number of imide groups is 1. The average Bonchev–Trinajstić information content (AvgIpc) is 2.30. The smallest absolute Gasteiger partial charge is 0.255 e. The molecule has 0 aliphatic carbocycles. The molecule has 0 aromatic heterocycles. The first kappa shape index (κ1) is 7.94. The summed E-state index contributed by atoms with van der Waals surface area (Å²) in [5.74, 6) is -0.795. The van der Waals surface area contributed by atoms with Crippen LogP contribution in [0, 0.1) is 0 Å². The lowest BCUT2D eigenvalue weighted by molar-refractivity contribution is -0.148. The SMILES string of the molecule is CCC(=O)N1C(=O)C=CC1O. The van der Waals surface area contributed by atoms with Crippen molar-refractivity contribution in [2.24, 2.45) is 0 Å². The summed E-state index contributed by atoms with van der Waals surface area (Å²) in [6.45, 7) is 1.64. The van der Waals surface area contributed by atoms with Crippen LogP contribution >= 0.6 is 0 Å². The maximum Gasteiger partial charge on any atom is 0.255 e. The zero-order valence-corrected chi connectivity index (χ0v) is 6.15. The monoisotopic (exact) mass is 155 g/mol. The molecule has 60 valence electrons. The van der Waals surface area contributed by atoms with E-state index in [9.17, 15) is 9.59 Å². The summed E-state index contributed by atoms with van der Waals surface area (Å²) in [4.78, 5) is 22.6. The van der Waals surface area contributed by atoms with Crippen molar-refractivity contribution in [3.8, 4) is 0 Å². The molecule has 2 amide bonds. The Kier molecular flexibility index (Phi) is 2.05. The molecule has 1 atom stereocenters. The van der Waals surface area contributed by atoms with E-state index in [1.807, 2.05) is 0 Å². The molecular weight excluding hydrogens is 146 g/mol. The van der Waals surface area contributed by atoms with E-state index in [0.717, 1.165) is 4.90 Å². The van der Waals surface area contributed by atoms with Crippen LogP contribution in [0.15, 0.2) is 12.2 Å². The summed E-state index contributed by atoms with van der Waals surface area (Å²) in [5.41, 5.74) is 0. The van der Waals surface area contributed by atoms with Crippen LogP contribution < -0.4 is 0 Å². The second kappa shape index (κ2) is 2.84. The van der Waals surface area contributed by atoms with E-state index in [1.54, 1.807) is 6.92 Å². The molecule has 1 unspecified atom stereocenters. The highest BCUT2D eigenvalue weighted by Crippen LogP contribution is 2.09. The van der Waals surface area contributed by atoms with Gasteiger partial charge in [0.05, 0.1) is 0 Å². The van der Waals surface area contributed by atoms with E-state index in [2.05, 4.69) is 0 Å². The van der Waals surface area contributed by atoms with Crippen molar-refractivity contribution in [3.05, 3.63) is 12.2 Å². The van der Waals surface area contributed by atoms with Crippen LogP contribution in [0.25, 0.3) is 0 Å². The van der Waals surface area contributed by atoms with Crippen molar-refractivity contribution >= 4 is 11.8 Å². The quantitative estimate of drug-likeness (QED) is 0.562. The second-order valence-corrected chi connectivity index (χ2v) is 2.23. The Morgan fingerprint density at radius 2 is 2.45 bits per heavy atom. The van der Waals surface area contributed by atoms with Crippen molar-refractivity contribution in [2.75, 3.05) is 0 Å². The predicted octanol–water partition coefficient (Wildman–Crippen LogP) is -0.360. The number of rotatable bonds is 1. The molecule has 0 bridgehead atoms. The minimum Gasteiger partial charge on any atom is -0.369 e. The fraction of sp³-hybridized carbons (Fsp3) is 0.429. The van der Waals surface area contributed by atoms with Gasteiger partial charge in [-0.05, 0) is 6.08 Å². The van der Waals surface area contributed by atoms with Crippen LogP contribution in [0.4, 0.5) is 0 Å². The summed E-state index contributed by atoms with van der Waals surface area (Å²) >= 11 is 0. The number of hydrogen-bond donors (Lipinski definition) is 1. The first-order valence-corrected chi connectivity index (χ1v) is 3.39. The summed E-state index contributed by atoms with van der Waals surface area (Å²) in [7, 11) is 0. The lowest BCUT2D eigenvalue weighted by Gasteiger charge is -2.16. The van der Waals surface area contributed by atoms with Crippen molar-refractivity contribution in [2.45, 2.75) is 19.6 Å². The molecular formula is C7H9NO3. The molecule has 0 aromatic carbocycles. The highest BCUT2D eigenvalue weighted by Gasteiger charge is 2.28. The van der Waals surface area contributed by atoms with Gasteiger partial charge in [0.25, 0.3) is 5.91 Å². The van der Waals surface area contributed by atoms with Gasteiger partial charge in [0, 0.05) is 12.5 Å². The number of aliphatic hydroxyl groups excluding tert-OH is 1. The topological polar surface area (TPSA) is 57.6 Å². The van der Waals surface area contributed by atoms with Crippen LogP contribution in [0.3, 0.4) is 0 Å². The van der Waals surface area contributed by atoms with Gasteiger partial charge in [0.1, 0.15) is 0 Å². The molecule has 1 aliphatic heterocycles. The Morgan fingerprint density at radius 1 is 1.82 bits per heavy atom. The molecule has 11 heavy (non-hydrogen) atoms. The number of hydrogen-bond acceptors (Lipinski definition) is 3. The number of carbonyl (C=O) groups excluding carboxylic acids is 2. The van der Waals surface area contributed by atoms with Gasteiger partial charge in [-0.1, -0.05) is 6.92 Å². The van der Waals surface area contributed by atoms with E-state index >= 15 is 0 Å². The van der Waals surface area contributed by atoms with Crippen molar-refractivity contribution in [1.82, 2.24) is 4.90 Å². The minimum atomic E-state index is -1.06. The molecule has 1 aliphatic rings. The van der Waals surface area contributed by atoms with E-state index in [4.69, 9.17) is 5.11 Å². The summed E-state index contributed by atoms with van der Waals surface area (Å²) in [5, 5.41) is 9.06. The zero-order chi connectivity index (χ0) is 8.43. The third-order valence-electron chi connectivity index (χ3n) is 1.48. The molecule has 0 radical (unpaired) electrons. The average molecular weight is 155 g/mol. The van der Waals surface area contributed by atoms with E-state index in [1.165, 1.54) is 12.2 Å². The molecule has 1 heterocycles. The molecule has 4 heteroatoms. The van der Waals surface area contributed by atoms with Gasteiger partial charge in [-0.2, -0.15) is 0 Å². The van der Waals surface area contributed by atoms with Gasteiger partial charge in [-0.3, -0.25) is 9.59 Å². The summed E-state index contributed by atoms with van der Waals surface area (Å²) in [6.07, 6.45) is 1.65. The summed E-state index contributed by atoms with van der Waals surface area (Å²) in [6, 6.07) is 0. The van der Waals surface area contributed by atoms with Gasteiger partial charge in [0.2, 0.25) is 5.91 Å². The van der Waals surface area contributed by atoms with E-state index in [0.29, 0.717) is 0 Å². The van der Waals surface area contributed by atoms with Crippen LogP contribution in [0.5, 0.6) is 0 Å². The molecule has 0 spiro atoms. The van der Waals surface area contributed by atoms with Crippen LogP contribution in [0.1, 0.15) is 13.3 Å². The molecule has 1 N–H and O–H groups in total. The van der Waals surface area contributed by atoms with Crippen LogP contribution in [0.2, 0.25) is 0 Å². The molecule has 4 nitrogen and oxygen atoms in total. The van der Waals surface area contributed by atoms with Gasteiger partial charge in [-0.25, -0.2) is 4.90 Å². The lowest BCUT2D eigenvalue weighted by atomic mass is 10.4. The molecule has 1 rings (SSSR count). The third-order valence-corrected chi connectivity index (χ3v) is 1.48. The molecule has 0 aromatic rings. The van der Waals surface area contributed by atoms with Crippen molar-refractivity contribution in [1.29, 1.82) is 0 Å². The number of nitrogens with zero attached hydrogens (tertiary/aromatic N) is 1. The third kappa shape index (κ3) is 1.30. The fourth-order valence-electron chi connectivity index (χ4n) is 0.906. The van der Waals surface area contributed by atoms with E-state index < -0.39 is 12.1 Å². The van der Waals surface area contributed by atoms with Crippen molar-refractivity contribution < 1.29 is 14.7 Å². The van der Waals surface area contributed by atoms with Crippen LogP contribution in [-0.2, 0) is 9.59 Å². The highest BCUT2D eigenvalue weighted by molar-refractivity contribution is 6.03. The maximum atomic E-state index is 10.9. The standard InChI is InChI=1S/C7H9NO3/c1-2-5(9)8-6(10)3-4-7(8)11/h3-4,6,10H,2H2,1H3. The Morgan fingerprint density at radius 3 is 2.82 bits per heavy atom. The minimum absolute atomic E-state index is 0.227. The van der Waals surface area contributed by atoms with Crippen molar-refractivity contribution in [3.63, 3.8) is 0 Å². The number of aliphatic hydroxyl groups is 1. The van der Waals surface area contributed by atoms with E-state index in [-0.39, 0.29) is 12.3 Å². The number of amides is 2. The van der Waals surface area contributed by atoms with Gasteiger partial charge in [-0.15, -0.1) is 0 Å². The first-order valence-electron chi connectivity index (χ1n) is 3.39. The van der Waals surface area contributed by atoms with Gasteiger partial charge < -0.3 is 5.11 Å². The summed E-state index contributed by atoms with van der Waals surface area (Å²) < 4.78 is 0.